The second kappa shape index (κ2) is 6.53. The molecule has 0 aliphatic carbocycles. The number of halogens is 2. The van der Waals surface area contributed by atoms with Crippen molar-refractivity contribution in [3.05, 3.63) is 70.8 Å². The van der Waals surface area contributed by atoms with E-state index in [0.717, 1.165) is 10.7 Å². The van der Waals surface area contributed by atoms with Gasteiger partial charge in [-0.2, -0.15) is 0 Å². The molecule has 0 radical (unpaired) electrons. The van der Waals surface area contributed by atoms with E-state index in [4.69, 9.17) is 0 Å². The molecule has 0 nitrogen and oxygen atoms in total. The third kappa shape index (κ3) is 3.24. The second-order valence-electron chi connectivity index (χ2n) is 4.47. The average molecular weight is 368 g/mol. The van der Waals surface area contributed by atoms with Crippen LogP contribution in [0.1, 0.15) is 35.1 Å². The number of benzene rings is 2. The van der Waals surface area contributed by atoms with Crippen LogP contribution in [-0.2, 0) is 10.7 Å². The Labute approximate surface area is 126 Å². The highest BCUT2D eigenvalue weighted by atomic mass is 79.9. The van der Waals surface area contributed by atoms with E-state index in [9.17, 15) is 0 Å². The minimum absolute atomic E-state index is 0.443. The molecule has 0 N–H and O–H groups in total. The first-order chi connectivity index (χ1) is 8.74. The van der Waals surface area contributed by atoms with Crippen LogP contribution in [0.2, 0.25) is 0 Å². The molecule has 94 valence electrons. The van der Waals surface area contributed by atoms with Crippen LogP contribution in [0.3, 0.4) is 0 Å². The molecule has 0 bridgehead atoms. The molecule has 0 aliphatic rings. The largest absolute Gasteiger partial charge is 0.0876 e. The van der Waals surface area contributed by atoms with E-state index >= 15 is 0 Å². The first kappa shape index (κ1) is 13.8. The van der Waals surface area contributed by atoms with Gasteiger partial charge in [0.2, 0.25) is 0 Å². The molecule has 0 saturated carbocycles. The summed E-state index contributed by atoms with van der Waals surface area (Å²) in [6.07, 6.45) is 0. The van der Waals surface area contributed by atoms with Crippen molar-refractivity contribution in [1.82, 2.24) is 0 Å². The zero-order valence-electron chi connectivity index (χ0n) is 10.4. The van der Waals surface area contributed by atoms with Crippen molar-refractivity contribution >= 4 is 31.9 Å². The van der Waals surface area contributed by atoms with Gasteiger partial charge in [0, 0.05) is 16.6 Å². The lowest BCUT2D eigenvalue weighted by atomic mass is 9.92. The molecule has 2 rings (SSSR count). The Morgan fingerprint density at radius 3 is 1.33 bits per heavy atom. The third-order valence-electron chi connectivity index (χ3n) is 3.27. The van der Waals surface area contributed by atoms with Crippen LogP contribution in [0.4, 0.5) is 0 Å². The van der Waals surface area contributed by atoms with Crippen molar-refractivity contribution in [2.75, 3.05) is 0 Å². The molecule has 0 spiro atoms. The van der Waals surface area contributed by atoms with Crippen LogP contribution >= 0.6 is 31.9 Å². The summed E-state index contributed by atoms with van der Waals surface area (Å²) in [6, 6.07) is 17.6. The normalized spacial score (nSPS) is 10.9. The summed E-state index contributed by atoms with van der Waals surface area (Å²) in [5.74, 6) is 0.443. The van der Waals surface area contributed by atoms with Gasteiger partial charge in [-0.05, 0) is 22.3 Å². The number of rotatable bonds is 4. The molecular formula is C16H16Br2. The molecule has 0 aromatic heterocycles. The summed E-state index contributed by atoms with van der Waals surface area (Å²) in [7, 11) is 0. The number of alkyl halides is 2. The van der Waals surface area contributed by atoms with Gasteiger partial charge in [-0.25, -0.2) is 0 Å². The van der Waals surface area contributed by atoms with Gasteiger partial charge in [0.05, 0.1) is 0 Å². The first-order valence-corrected chi connectivity index (χ1v) is 8.28. The fourth-order valence-corrected chi connectivity index (χ4v) is 2.73. The Balaban J connectivity index is 2.20. The summed E-state index contributed by atoms with van der Waals surface area (Å²) in [5, 5.41) is 1.84. The van der Waals surface area contributed by atoms with Crippen molar-refractivity contribution in [2.24, 2.45) is 0 Å². The minimum atomic E-state index is 0.443. The van der Waals surface area contributed by atoms with Gasteiger partial charge in [0.1, 0.15) is 0 Å². The highest BCUT2D eigenvalue weighted by Crippen LogP contribution is 2.25. The molecule has 0 amide bonds. The summed E-state index contributed by atoms with van der Waals surface area (Å²) in [5.41, 5.74) is 5.37. The van der Waals surface area contributed by atoms with Crippen LogP contribution in [0.5, 0.6) is 0 Å². The van der Waals surface area contributed by atoms with Crippen molar-refractivity contribution in [3.8, 4) is 0 Å². The smallest absolute Gasteiger partial charge is 0.0283 e. The Hall–Kier alpha value is -0.600. The van der Waals surface area contributed by atoms with Gasteiger partial charge in [-0.3, -0.25) is 0 Å². The summed E-state index contributed by atoms with van der Waals surface area (Å²) < 4.78 is 0. The molecule has 18 heavy (non-hydrogen) atoms. The van der Waals surface area contributed by atoms with Crippen molar-refractivity contribution in [3.63, 3.8) is 0 Å². The van der Waals surface area contributed by atoms with Gasteiger partial charge in [-0.1, -0.05) is 87.3 Å². The molecule has 0 fully saturated rings. The lowest BCUT2D eigenvalue weighted by Crippen LogP contribution is -1.96. The second-order valence-corrected chi connectivity index (χ2v) is 5.59. The maximum absolute atomic E-state index is 3.48. The van der Waals surface area contributed by atoms with E-state index in [0.29, 0.717) is 5.92 Å². The fourth-order valence-electron chi connectivity index (χ4n) is 1.98. The summed E-state index contributed by atoms with van der Waals surface area (Å²) >= 11 is 6.95. The Bertz CT molecular complexity index is 438. The van der Waals surface area contributed by atoms with E-state index < -0.39 is 0 Å². The third-order valence-corrected chi connectivity index (χ3v) is 4.56. The maximum atomic E-state index is 3.48. The average Bonchev–Trinajstić information content (AvgIpc) is 2.47. The molecule has 0 atom stereocenters. The predicted octanol–water partition coefficient (Wildman–Crippen LogP) is 5.63. The van der Waals surface area contributed by atoms with Crippen LogP contribution < -0.4 is 0 Å². The molecule has 0 saturated heterocycles. The fraction of sp³-hybridized carbons (Fsp3) is 0.250. The molecule has 0 heterocycles. The van der Waals surface area contributed by atoms with Crippen LogP contribution in [0, 0.1) is 0 Å². The van der Waals surface area contributed by atoms with Gasteiger partial charge >= 0.3 is 0 Å². The Kier molecular flexibility index (Phi) is 5.02. The van der Waals surface area contributed by atoms with Crippen molar-refractivity contribution in [1.29, 1.82) is 0 Å². The predicted molar refractivity (Wildman–Crippen MR) is 85.7 cm³/mol. The Morgan fingerprint density at radius 2 is 1.06 bits per heavy atom. The van der Waals surface area contributed by atoms with Gasteiger partial charge < -0.3 is 0 Å². The SMILES string of the molecule is CC(c1ccc(CBr)cc1)c1ccc(CBr)cc1. The highest BCUT2D eigenvalue weighted by Gasteiger charge is 2.08. The molecule has 0 unspecified atom stereocenters. The summed E-state index contributed by atoms with van der Waals surface area (Å²) in [4.78, 5) is 0. The van der Waals surface area contributed by atoms with Crippen molar-refractivity contribution < 1.29 is 0 Å². The van der Waals surface area contributed by atoms with Gasteiger partial charge in [0.25, 0.3) is 0 Å². The van der Waals surface area contributed by atoms with E-state index in [1.807, 2.05) is 0 Å². The topological polar surface area (TPSA) is 0 Å². The van der Waals surface area contributed by atoms with Gasteiger partial charge in [-0.15, -0.1) is 0 Å². The van der Waals surface area contributed by atoms with E-state index in [-0.39, 0.29) is 0 Å². The Morgan fingerprint density at radius 1 is 0.722 bits per heavy atom. The molecule has 2 heteroatoms. The molecule has 0 aliphatic heterocycles. The zero-order chi connectivity index (χ0) is 13.0. The summed E-state index contributed by atoms with van der Waals surface area (Å²) in [6.45, 7) is 2.26. The highest BCUT2D eigenvalue weighted by molar-refractivity contribution is 9.08. The van der Waals surface area contributed by atoms with Crippen molar-refractivity contribution in [2.45, 2.75) is 23.5 Å². The minimum Gasteiger partial charge on any atom is -0.0876 e. The standard InChI is InChI=1S/C16H16Br2/c1-12(15-6-2-13(10-17)3-7-15)16-8-4-14(11-18)5-9-16/h2-9,12H,10-11H2,1H3. The number of hydrogen-bond donors (Lipinski definition) is 0. The zero-order valence-corrected chi connectivity index (χ0v) is 13.5. The van der Waals surface area contributed by atoms with Gasteiger partial charge in [0.15, 0.2) is 0 Å². The first-order valence-electron chi connectivity index (χ1n) is 6.04. The van der Waals surface area contributed by atoms with E-state index in [1.54, 1.807) is 0 Å². The monoisotopic (exact) mass is 366 g/mol. The quantitative estimate of drug-likeness (QED) is 0.614. The van der Waals surface area contributed by atoms with Crippen LogP contribution in [-0.4, -0.2) is 0 Å². The van der Waals surface area contributed by atoms with Crippen LogP contribution in [0.25, 0.3) is 0 Å². The molecule has 2 aromatic carbocycles. The van der Waals surface area contributed by atoms with Crippen LogP contribution in [0.15, 0.2) is 48.5 Å². The lowest BCUT2D eigenvalue weighted by Gasteiger charge is -2.13. The molecule has 2 aromatic rings. The van der Waals surface area contributed by atoms with E-state index in [1.165, 1.54) is 22.3 Å². The maximum Gasteiger partial charge on any atom is 0.0283 e. The van der Waals surface area contributed by atoms with E-state index in [2.05, 4.69) is 87.3 Å². The number of hydrogen-bond acceptors (Lipinski definition) is 0. The molecular weight excluding hydrogens is 352 g/mol. The lowest BCUT2D eigenvalue weighted by molar-refractivity contribution is 0.920.